The molecule has 6 heteroatoms. The van der Waals surface area contributed by atoms with Gasteiger partial charge in [-0.3, -0.25) is 0 Å². The average Bonchev–Trinajstić information content (AvgIpc) is 2.29. The molecule has 1 heterocycles. The van der Waals surface area contributed by atoms with Crippen LogP contribution in [0.15, 0.2) is 60.9 Å². The Morgan fingerprint density at radius 2 is 1.24 bits per heavy atom. The maximum absolute atomic E-state index is 8.60. The van der Waals surface area contributed by atoms with Crippen molar-refractivity contribution in [2.75, 3.05) is 0 Å². The predicted octanol–water partition coefficient (Wildman–Crippen LogP) is -2.16. The SMILES string of the molecule is [O-][Cl+3]([O-])([O-])O.c1ccc(-[n+]2ccccc2)cc1. The van der Waals surface area contributed by atoms with Gasteiger partial charge in [0.05, 0.1) is 14.9 Å². The summed E-state index contributed by atoms with van der Waals surface area (Å²) in [4.78, 5) is 0. The van der Waals surface area contributed by atoms with Crippen LogP contribution in [0.1, 0.15) is 0 Å². The zero-order chi connectivity index (χ0) is 12.7. The minimum atomic E-state index is -4.69. The standard InChI is InChI=1S/C11H10N.ClHO4/c1-3-7-11(8-4-1)12-9-5-2-6-10-12;2-1(3,4)5/h1-10H;(H,2,3,4,5)/q+1;. The van der Waals surface area contributed by atoms with Crippen LogP contribution in [0, 0.1) is 10.2 Å². The summed E-state index contributed by atoms with van der Waals surface area (Å²) in [7, 11) is -4.69. The molecule has 1 aromatic carbocycles. The fraction of sp³-hybridized carbons (Fsp3) is 0. The van der Waals surface area contributed by atoms with Gasteiger partial charge in [-0.1, -0.05) is 24.3 Å². The van der Waals surface area contributed by atoms with Crippen LogP contribution < -0.4 is 18.5 Å². The Balaban J connectivity index is 0.000000249. The molecule has 0 saturated carbocycles. The number of benzene rings is 1. The minimum Gasteiger partial charge on any atom is -0.183 e. The Labute approximate surface area is 101 Å². The normalized spacial score (nSPS) is 10.4. The van der Waals surface area contributed by atoms with Crippen molar-refractivity contribution in [1.82, 2.24) is 0 Å². The predicted molar refractivity (Wildman–Crippen MR) is 50.2 cm³/mol. The lowest BCUT2D eigenvalue weighted by Gasteiger charge is -2.03. The number of halogens is 1. The molecule has 0 aliphatic heterocycles. The molecule has 1 aromatic heterocycles. The smallest absolute Gasteiger partial charge is 0.183 e. The number of nitrogens with zero attached hydrogens (tertiary/aromatic N) is 1. The van der Waals surface area contributed by atoms with Crippen molar-refractivity contribution in [3.63, 3.8) is 0 Å². The first-order valence-electron chi connectivity index (χ1n) is 4.62. The largest absolute Gasteiger partial charge is 0.210 e. The summed E-state index contributed by atoms with van der Waals surface area (Å²) in [5.74, 6) is 0. The van der Waals surface area contributed by atoms with Crippen LogP contribution >= 0.6 is 0 Å². The van der Waals surface area contributed by atoms with Crippen molar-refractivity contribution in [1.29, 1.82) is 0 Å². The van der Waals surface area contributed by atoms with Crippen molar-refractivity contribution in [2.45, 2.75) is 0 Å². The van der Waals surface area contributed by atoms with Crippen LogP contribution in [0.4, 0.5) is 0 Å². The summed E-state index contributed by atoms with van der Waals surface area (Å²) in [5, 5.41) is 0. The van der Waals surface area contributed by atoms with E-state index >= 15 is 0 Å². The first kappa shape index (κ1) is 13.6. The van der Waals surface area contributed by atoms with Crippen LogP contribution in [0.3, 0.4) is 0 Å². The molecule has 90 valence electrons. The summed E-state index contributed by atoms with van der Waals surface area (Å²) in [6.45, 7) is 0. The fourth-order valence-corrected chi connectivity index (χ4v) is 1.17. The Bertz CT molecular complexity index is 387. The monoisotopic (exact) mass is 256 g/mol. The third-order valence-corrected chi connectivity index (χ3v) is 1.77. The Morgan fingerprint density at radius 3 is 1.71 bits per heavy atom. The van der Waals surface area contributed by atoms with Crippen LogP contribution in [0.2, 0.25) is 0 Å². The lowest BCUT2D eigenvalue weighted by molar-refractivity contribution is -1.92. The Morgan fingerprint density at radius 1 is 0.824 bits per heavy atom. The molecular weight excluding hydrogens is 246 g/mol. The molecule has 0 aliphatic carbocycles. The van der Waals surface area contributed by atoms with E-state index in [-0.39, 0.29) is 0 Å². The van der Waals surface area contributed by atoms with Crippen molar-refractivity contribution >= 4 is 0 Å². The quantitative estimate of drug-likeness (QED) is 0.588. The van der Waals surface area contributed by atoms with Crippen molar-refractivity contribution in [3.05, 3.63) is 60.9 Å². The molecule has 0 atom stereocenters. The molecule has 0 fully saturated rings. The van der Waals surface area contributed by atoms with Gasteiger partial charge in [-0.05, 0) is 0 Å². The van der Waals surface area contributed by atoms with Gasteiger partial charge in [-0.2, -0.15) is 18.5 Å². The summed E-state index contributed by atoms with van der Waals surface area (Å²) in [6, 6.07) is 16.3. The number of rotatable bonds is 1. The fourth-order valence-electron chi connectivity index (χ4n) is 1.17. The van der Waals surface area contributed by atoms with Crippen molar-refractivity contribution < 1.29 is 33.4 Å². The molecule has 0 saturated heterocycles. The molecule has 5 nitrogen and oxygen atoms in total. The van der Waals surface area contributed by atoms with E-state index in [9.17, 15) is 0 Å². The van der Waals surface area contributed by atoms with E-state index in [1.165, 1.54) is 5.69 Å². The second-order valence-corrected chi connectivity index (χ2v) is 3.81. The van der Waals surface area contributed by atoms with E-state index in [0.29, 0.717) is 0 Å². The second-order valence-electron chi connectivity index (χ2n) is 3.01. The third kappa shape index (κ3) is 6.62. The molecule has 1 N–H and O–H groups in total. The van der Waals surface area contributed by atoms with Crippen LogP contribution in [0.5, 0.6) is 0 Å². The highest BCUT2D eigenvalue weighted by Crippen LogP contribution is 1.96. The molecule has 0 aliphatic rings. The number of pyridine rings is 1. The van der Waals surface area contributed by atoms with Gasteiger partial charge >= 0.3 is 0 Å². The molecule has 0 spiro atoms. The van der Waals surface area contributed by atoms with Crippen LogP contribution in [-0.2, 0) is 0 Å². The topological polar surface area (TPSA) is 93.3 Å². The van der Waals surface area contributed by atoms with Gasteiger partial charge in [0.2, 0.25) is 5.69 Å². The minimum absolute atomic E-state index is 1.19. The number of aromatic nitrogens is 1. The van der Waals surface area contributed by atoms with Gasteiger partial charge in [0, 0.05) is 24.3 Å². The number of hydrogen-bond donors (Lipinski definition) is 1. The lowest BCUT2D eigenvalue weighted by Crippen LogP contribution is -2.58. The summed E-state index contributed by atoms with van der Waals surface area (Å²) in [5.41, 5.74) is 1.19. The van der Waals surface area contributed by atoms with E-state index in [1.807, 2.05) is 48.8 Å². The van der Waals surface area contributed by atoms with Crippen LogP contribution in [0.25, 0.3) is 5.69 Å². The first-order valence-corrected chi connectivity index (χ1v) is 5.88. The van der Waals surface area contributed by atoms with Gasteiger partial charge in [0.25, 0.3) is 0 Å². The maximum atomic E-state index is 8.60. The van der Waals surface area contributed by atoms with Gasteiger partial charge in [-0.25, -0.2) is 0 Å². The zero-order valence-corrected chi connectivity index (χ0v) is 9.53. The second kappa shape index (κ2) is 6.29. The van der Waals surface area contributed by atoms with Gasteiger partial charge in [0.1, 0.15) is 0 Å². The van der Waals surface area contributed by atoms with E-state index < -0.39 is 10.2 Å². The molecule has 0 unspecified atom stereocenters. The summed E-state index contributed by atoms with van der Waals surface area (Å²) < 4.78 is 34.8. The van der Waals surface area contributed by atoms with E-state index in [4.69, 9.17) is 18.6 Å². The van der Waals surface area contributed by atoms with Gasteiger partial charge in [-0.15, -0.1) is 0 Å². The highest BCUT2D eigenvalue weighted by Gasteiger charge is 2.00. The number of hydrogen-bond acceptors (Lipinski definition) is 4. The molecule has 0 amide bonds. The highest BCUT2D eigenvalue weighted by molar-refractivity contribution is 5.21. The molecule has 17 heavy (non-hydrogen) atoms. The molecule has 2 rings (SSSR count). The van der Waals surface area contributed by atoms with Gasteiger partial charge < -0.3 is 0 Å². The molecular formula is C11H11ClNO4+. The number of para-hydroxylation sites is 1. The van der Waals surface area contributed by atoms with Crippen molar-refractivity contribution in [3.8, 4) is 5.69 Å². The first-order chi connectivity index (χ1) is 7.97. The Hall–Kier alpha value is -1.50. The molecule has 0 bridgehead atoms. The lowest BCUT2D eigenvalue weighted by atomic mass is 10.3. The van der Waals surface area contributed by atoms with Crippen LogP contribution in [-0.4, -0.2) is 4.66 Å². The van der Waals surface area contributed by atoms with Gasteiger partial charge in [0.15, 0.2) is 12.4 Å². The molecule has 2 aromatic rings. The summed E-state index contributed by atoms with van der Waals surface area (Å²) in [6.07, 6.45) is 4.07. The third-order valence-electron chi connectivity index (χ3n) is 1.77. The molecule has 0 radical (unpaired) electrons. The van der Waals surface area contributed by atoms with E-state index in [1.54, 1.807) is 0 Å². The van der Waals surface area contributed by atoms with E-state index in [0.717, 1.165) is 0 Å². The van der Waals surface area contributed by atoms with Crippen molar-refractivity contribution in [2.24, 2.45) is 0 Å². The maximum Gasteiger partial charge on any atom is 0.210 e. The average molecular weight is 257 g/mol. The van der Waals surface area contributed by atoms with E-state index in [2.05, 4.69) is 16.7 Å². The highest BCUT2D eigenvalue weighted by atomic mass is 35.7. The Kier molecular flexibility index (Phi) is 5.02. The zero-order valence-electron chi connectivity index (χ0n) is 8.77. The summed E-state index contributed by atoms with van der Waals surface area (Å²) >= 11 is 0.